The molecule has 0 radical (unpaired) electrons. The van der Waals surface area contributed by atoms with Gasteiger partial charge in [0.2, 0.25) is 0 Å². The molecule has 2 rings (SSSR count). The molecule has 1 aromatic rings. The van der Waals surface area contributed by atoms with Crippen LogP contribution in [0.4, 0.5) is 0 Å². The molecule has 112 valence electrons. The maximum absolute atomic E-state index is 3.50. The van der Waals surface area contributed by atoms with Gasteiger partial charge in [-0.3, -0.25) is 0 Å². The first-order valence-corrected chi connectivity index (χ1v) is 8.19. The minimum atomic E-state index is 0.460. The largest absolute Gasteiger partial charge is 0.313 e. The molecule has 1 saturated heterocycles. The second-order valence-electron chi connectivity index (χ2n) is 6.36. The molecule has 2 heteroatoms. The van der Waals surface area contributed by atoms with Crippen LogP contribution in [0.3, 0.4) is 0 Å². The lowest BCUT2D eigenvalue weighted by Crippen LogP contribution is -2.33. The second-order valence-corrected chi connectivity index (χ2v) is 6.36. The van der Waals surface area contributed by atoms with E-state index in [1.54, 1.807) is 0 Å². The van der Waals surface area contributed by atoms with Gasteiger partial charge in [0.1, 0.15) is 0 Å². The van der Waals surface area contributed by atoms with Crippen LogP contribution in [-0.2, 0) is 0 Å². The molecule has 1 N–H and O–H groups in total. The quantitative estimate of drug-likeness (QED) is 0.815. The first-order valence-electron chi connectivity index (χ1n) is 8.19. The number of likely N-dealkylation sites (tertiary alicyclic amines) is 1. The molecule has 2 nitrogen and oxygen atoms in total. The third kappa shape index (κ3) is 4.07. The van der Waals surface area contributed by atoms with Crippen molar-refractivity contribution in [2.24, 2.45) is 11.8 Å². The number of nitrogens with zero attached hydrogens (tertiary/aromatic N) is 1. The molecular formula is C18H30N2. The zero-order valence-corrected chi connectivity index (χ0v) is 13.3. The lowest BCUT2D eigenvalue weighted by atomic mass is 9.94. The molecule has 3 atom stereocenters. The van der Waals surface area contributed by atoms with Crippen LogP contribution in [0.5, 0.6) is 0 Å². The van der Waals surface area contributed by atoms with E-state index in [9.17, 15) is 0 Å². The van der Waals surface area contributed by atoms with Gasteiger partial charge in [-0.2, -0.15) is 0 Å². The summed E-state index contributed by atoms with van der Waals surface area (Å²) in [5, 5.41) is 3.50. The molecule has 0 aliphatic carbocycles. The number of benzene rings is 1. The van der Waals surface area contributed by atoms with Crippen molar-refractivity contribution in [1.29, 1.82) is 0 Å². The minimum absolute atomic E-state index is 0.460. The van der Waals surface area contributed by atoms with E-state index in [2.05, 4.69) is 61.4 Å². The van der Waals surface area contributed by atoms with Crippen LogP contribution in [0, 0.1) is 11.8 Å². The molecule has 0 spiro atoms. The third-order valence-corrected chi connectivity index (χ3v) is 4.65. The summed E-state index contributed by atoms with van der Waals surface area (Å²) in [6, 6.07) is 11.3. The summed E-state index contributed by atoms with van der Waals surface area (Å²) in [5.74, 6) is 1.58. The molecule has 0 bridgehead atoms. The molecule has 3 unspecified atom stereocenters. The Morgan fingerprint density at radius 2 is 2.05 bits per heavy atom. The van der Waals surface area contributed by atoms with Gasteiger partial charge < -0.3 is 10.2 Å². The van der Waals surface area contributed by atoms with E-state index >= 15 is 0 Å². The zero-order chi connectivity index (χ0) is 14.4. The monoisotopic (exact) mass is 274 g/mol. The van der Waals surface area contributed by atoms with Gasteiger partial charge in [0.15, 0.2) is 0 Å². The van der Waals surface area contributed by atoms with Gasteiger partial charge in [-0.1, -0.05) is 50.6 Å². The van der Waals surface area contributed by atoms with Crippen LogP contribution >= 0.6 is 0 Å². The van der Waals surface area contributed by atoms with Gasteiger partial charge >= 0.3 is 0 Å². The van der Waals surface area contributed by atoms with Crippen molar-refractivity contribution in [3.63, 3.8) is 0 Å². The number of nitrogens with one attached hydrogen (secondary N) is 1. The fourth-order valence-corrected chi connectivity index (χ4v) is 3.68. The number of hydrogen-bond acceptors (Lipinski definition) is 2. The fourth-order valence-electron chi connectivity index (χ4n) is 3.68. The molecule has 0 saturated carbocycles. The minimum Gasteiger partial charge on any atom is -0.313 e. The number of hydrogen-bond donors (Lipinski definition) is 1. The molecule has 0 amide bonds. The average Bonchev–Trinajstić information content (AvgIpc) is 2.88. The maximum Gasteiger partial charge on any atom is 0.0355 e. The van der Waals surface area contributed by atoms with E-state index in [4.69, 9.17) is 0 Å². The van der Waals surface area contributed by atoms with E-state index in [0.29, 0.717) is 12.0 Å². The third-order valence-electron chi connectivity index (χ3n) is 4.65. The molecule has 1 fully saturated rings. The van der Waals surface area contributed by atoms with Crippen molar-refractivity contribution in [3.8, 4) is 0 Å². The molecular weight excluding hydrogens is 244 g/mol. The highest BCUT2D eigenvalue weighted by Gasteiger charge is 2.25. The number of rotatable bonds is 7. The van der Waals surface area contributed by atoms with Gasteiger partial charge in [0.25, 0.3) is 0 Å². The maximum atomic E-state index is 3.50. The Kier molecular flexibility index (Phi) is 6.06. The van der Waals surface area contributed by atoms with Crippen molar-refractivity contribution in [1.82, 2.24) is 10.2 Å². The predicted molar refractivity (Wildman–Crippen MR) is 86.9 cm³/mol. The first-order chi connectivity index (χ1) is 9.74. The summed E-state index contributed by atoms with van der Waals surface area (Å²) in [6.07, 6.45) is 4.13. The SMILES string of the molecule is CCCC1CCN(CC(C)C(NC)c2ccccc2)C1. The predicted octanol–water partition coefficient (Wildman–Crippen LogP) is 3.71. The highest BCUT2D eigenvalue weighted by molar-refractivity contribution is 5.19. The van der Waals surface area contributed by atoms with Gasteiger partial charge in [-0.25, -0.2) is 0 Å². The summed E-state index contributed by atoms with van der Waals surface area (Å²) in [6.45, 7) is 8.49. The lowest BCUT2D eigenvalue weighted by molar-refractivity contribution is 0.244. The summed E-state index contributed by atoms with van der Waals surface area (Å²) in [4.78, 5) is 2.66. The molecule has 1 aliphatic heterocycles. The van der Waals surface area contributed by atoms with Crippen LogP contribution in [0.1, 0.15) is 44.7 Å². The lowest BCUT2D eigenvalue weighted by Gasteiger charge is -2.28. The Balaban J connectivity index is 1.89. The topological polar surface area (TPSA) is 15.3 Å². The average molecular weight is 274 g/mol. The molecule has 20 heavy (non-hydrogen) atoms. The Morgan fingerprint density at radius 1 is 1.30 bits per heavy atom. The molecule has 1 heterocycles. The summed E-state index contributed by atoms with van der Waals surface area (Å²) in [5.41, 5.74) is 1.41. The van der Waals surface area contributed by atoms with Crippen LogP contribution in [0.15, 0.2) is 30.3 Å². The van der Waals surface area contributed by atoms with E-state index in [1.165, 1.54) is 44.5 Å². The van der Waals surface area contributed by atoms with Gasteiger partial charge in [0, 0.05) is 19.1 Å². The Hall–Kier alpha value is -0.860. The second kappa shape index (κ2) is 7.80. The highest BCUT2D eigenvalue weighted by Crippen LogP contribution is 2.26. The van der Waals surface area contributed by atoms with E-state index in [1.807, 2.05) is 0 Å². The van der Waals surface area contributed by atoms with Crippen molar-refractivity contribution in [2.45, 2.75) is 39.2 Å². The van der Waals surface area contributed by atoms with E-state index in [-0.39, 0.29) is 0 Å². The van der Waals surface area contributed by atoms with E-state index < -0.39 is 0 Å². The van der Waals surface area contributed by atoms with Crippen molar-refractivity contribution in [3.05, 3.63) is 35.9 Å². The van der Waals surface area contributed by atoms with Crippen LogP contribution in [0.25, 0.3) is 0 Å². The summed E-state index contributed by atoms with van der Waals surface area (Å²) >= 11 is 0. The van der Waals surface area contributed by atoms with Gasteiger partial charge in [-0.05, 0) is 43.8 Å². The first kappa shape index (κ1) is 15.5. The zero-order valence-electron chi connectivity index (χ0n) is 13.3. The fraction of sp³-hybridized carbons (Fsp3) is 0.667. The van der Waals surface area contributed by atoms with Crippen LogP contribution < -0.4 is 5.32 Å². The van der Waals surface area contributed by atoms with Crippen molar-refractivity contribution in [2.75, 3.05) is 26.7 Å². The molecule has 0 aromatic heterocycles. The Morgan fingerprint density at radius 3 is 2.70 bits per heavy atom. The molecule has 1 aromatic carbocycles. The van der Waals surface area contributed by atoms with Crippen molar-refractivity contribution < 1.29 is 0 Å². The summed E-state index contributed by atoms with van der Waals surface area (Å²) < 4.78 is 0. The summed E-state index contributed by atoms with van der Waals surface area (Å²) in [7, 11) is 2.08. The molecule has 1 aliphatic rings. The van der Waals surface area contributed by atoms with Gasteiger partial charge in [0.05, 0.1) is 0 Å². The standard InChI is InChI=1S/C18H30N2/c1-4-8-16-11-12-20(14-16)13-15(2)18(19-3)17-9-6-5-7-10-17/h5-7,9-10,15-16,18-19H,4,8,11-14H2,1-3H3. The Bertz CT molecular complexity index is 376. The van der Waals surface area contributed by atoms with Crippen LogP contribution in [0.2, 0.25) is 0 Å². The Labute approximate surface area is 124 Å². The smallest absolute Gasteiger partial charge is 0.0355 e. The normalized spacial score (nSPS) is 22.9. The van der Waals surface area contributed by atoms with Gasteiger partial charge in [-0.15, -0.1) is 0 Å². The van der Waals surface area contributed by atoms with E-state index in [0.717, 1.165) is 5.92 Å². The highest BCUT2D eigenvalue weighted by atomic mass is 15.1. The van der Waals surface area contributed by atoms with Crippen LogP contribution in [-0.4, -0.2) is 31.6 Å². The van der Waals surface area contributed by atoms with Crippen molar-refractivity contribution >= 4 is 0 Å².